The van der Waals surface area contributed by atoms with Crippen LogP contribution in [0.25, 0.3) is 0 Å². The van der Waals surface area contributed by atoms with E-state index in [4.69, 9.17) is 4.74 Å². The fraction of sp³-hybridized carbons (Fsp3) is 0.292. The SMILES string of the molecule is COc1cccc(NC(=O)c2cccc(N3C(=O)[C@H]4[C@H](C3=O)[C@H]3C[C@@H]4C=C3C)c2)c1. The average molecular weight is 402 g/mol. The highest BCUT2D eigenvalue weighted by Crippen LogP contribution is 2.55. The minimum atomic E-state index is -0.318. The molecule has 2 bridgehead atoms. The van der Waals surface area contributed by atoms with E-state index in [1.54, 1.807) is 55.6 Å². The Bertz CT molecular complexity index is 1110. The number of imide groups is 1. The van der Waals surface area contributed by atoms with Crippen molar-refractivity contribution in [2.45, 2.75) is 13.3 Å². The first-order valence-electron chi connectivity index (χ1n) is 10.1. The highest BCUT2D eigenvalue weighted by atomic mass is 16.5. The monoisotopic (exact) mass is 402 g/mol. The zero-order chi connectivity index (χ0) is 21.0. The van der Waals surface area contributed by atoms with Gasteiger partial charge in [-0.2, -0.15) is 0 Å². The number of amides is 3. The van der Waals surface area contributed by atoms with Crippen molar-refractivity contribution in [1.82, 2.24) is 0 Å². The quantitative estimate of drug-likeness (QED) is 0.626. The molecule has 1 N–H and O–H groups in total. The molecule has 0 spiro atoms. The van der Waals surface area contributed by atoms with Gasteiger partial charge in [0.2, 0.25) is 11.8 Å². The zero-order valence-corrected chi connectivity index (χ0v) is 16.8. The molecule has 5 rings (SSSR count). The van der Waals surface area contributed by atoms with Gasteiger partial charge in [0.25, 0.3) is 5.91 Å². The summed E-state index contributed by atoms with van der Waals surface area (Å²) in [5.74, 6) is -0.173. The molecule has 6 nitrogen and oxygen atoms in total. The zero-order valence-electron chi connectivity index (χ0n) is 16.8. The largest absolute Gasteiger partial charge is 0.497 e. The number of carbonyl (C=O) groups is 3. The van der Waals surface area contributed by atoms with E-state index in [9.17, 15) is 14.4 Å². The van der Waals surface area contributed by atoms with Gasteiger partial charge in [-0.3, -0.25) is 14.4 Å². The Morgan fingerprint density at radius 2 is 1.83 bits per heavy atom. The van der Waals surface area contributed by atoms with Crippen molar-refractivity contribution in [1.29, 1.82) is 0 Å². The van der Waals surface area contributed by atoms with E-state index in [0.29, 0.717) is 22.7 Å². The van der Waals surface area contributed by atoms with Crippen LogP contribution in [0.1, 0.15) is 23.7 Å². The second kappa shape index (κ2) is 6.83. The Balaban J connectivity index is 1.40. The molecule has 3 aliphatic rings. The second-order valence-electron chi connectivity index (χ2n) is 8.22. The number of hydrogen-bond acceptors (Lipinski definition) is 4. The van der Waals surface area contributed by atoms with Gasteiger partial charge in [0.15, 0.2) is 0 Å². The Kier molecular flexibility index (Phi) is 4.24. The number of ether oxygens (including phenoxy) is 1. The predicted octanol–water partition coefficient (Wildman–Crippen LogP) is 3.65. The summed E-state index contributed by atoms with van der Waals surface area (Å²) >= 11 is 0. The van der Waals surface area contributed by atoms with Crippen molar-refractivity contribution < 1.29 is 19.1 Å². The van der Waals surface area contributed by atoms with E-state index in [1.165, 1.54) is 10.5 Å². The summed E-state index contributed by atoms with van der Waals surface area (Å²) in [6.45, 7) is 2.05. The number of anilines is 2. The van der Waals surface area contributed by atoms with Crippen LogP contribution in [-0.2, 0) is 9.59 Å². The number of carbonyl (C=O) groups excluding carboxylic acids is 3. The smallest absolute Gasteiger partial charge is 0.255 e. The van der Waals surface area contributed by atoms with E-state index in [2.05, 4.69) is 11.4 Å². The minimum absolute atomic E-state index is 0.143. The van der Waals surface area contributed by atoms with Crippen LogP contribution in [-0.4, -0.2) is 24.8 Å². The molecule has 1 aliphatic heterocycles. The summed E-state index contributed by atoms with van der Waals surface area (Å²) in [5.41, 5.74) is 2.65. The first kappa shape index (κ1) is 18.6. The summed E-state index contributed by atoms with van der Waals surface area (Å²) in [6, 6.07) is 13.8. The molecular formula is C24H22N2O4. The highest BCUT2D eigenvalue weighted by molar-refractivity contribution is 6.23. The standard InChI is InChI=1S/C24H22N2O4/c1-13-9-15-11-19(13)21-20(15)23(28)26(24(21)29)17-7-3-5-14(10-17)22(27)25-16-6-4-8-18(12-16)30-2/h3-10,12,15,19-21H,11H2,1-2H3,(H,25,27)/t15-,19-,20+,21+/m0/s1. The molecule has 0 radical (unpaired) electrons. The number of fused-ring (bicyclic) bond motifs is 5. The molecule has 1 heterocycles. The van der Waals surface area contributed by atoms with Gasteiger partial charge in [0.1, 0.15) is 5.75 Å². The Labute approximate surface area is 174 Å². The van der Waals surface area contributed by atoms with Gasteiger partial charge in [-0.15, -0.1) is 0 Å². The molecule has 0 unspecified atom stereocenters. The second-order valence-corrected chi connectivity index (χ2v) is 8.22. The number of nitrogens with zero attached hydrogens (tertiary/aromatic N) is 1. The molecule has 6 heteroatoms. The van der Waals surface area contributed by atoms with Crippen molar-refractivity contribution in [3.63, 3.8) is 0 Å². The van der Waals surface area contributed by atoms with Crippen LogP contribution in [0.15, 0.2) is 60.2 Å². The van der Waals surface area contributed by atoms with Crippen LogP contribution in [0.2, 0.25) is 0 Å². The number of benzene rings is 2. The molecular weight excluding hydrogens is 380 g/mol. The summed E-state index contributed by atoms with van der Waals surface area (Å²) in [5, 5.41) is 2.83. The third kappa shape index (κ3) is 2.75. The lowest BCUT2D eigenvalue weighted by molar-refractivity contribution is -0.123. The maximum Gasteiger partial charge on any atom is 0.255 e. The van der Waals surface area contributed by atoms with E-state index in [1.807, 2.05) is 6.92 Å². The van der Waals surface area contributed by atoms with Crippen molar-refractivity contribution >= 4 is 29.1 Å². The predicted molar refractivity (Wildman–Crippen MR) is 112 cm³/mol. The van der Waals surface area contributed by atoms with Crippen LogP contribution < -0.4 is 15.0 Å². The topological polar surface area (TPSA) is 75.7 Å². The van der Waals surface area contributed by atoms with E-state index in [0.717, 1.165) is 6.42 Å². The third-order valence-electron chi connectivity index (χ3n) is 6.57. The van der Waals surface area contributed by atoms with Crippen LogP contribution >= 0.6 is 0 Å². The molecule has 152 valence electrons. The van der Waals surface area contributed by atoms with Gasteiger partial charge < -0.3 is 10.1 Å². The van der Waals surface area contributed by atoms with E-state index < -0.39 is 0 Å². The van der Waals surface area contributed by atoms with E-state index >= 15 is 0 Å². The number of rotatable bonds is 4. The molecule has 0 aromatic heterocycles. The molecule has 2 fully saturated rings. The maximum absolute atomic E-state index is 13.1. The van der Waals surface area contributed by atoms with Gasteiger partial charge in [0, 0.05) is 17.3 Å². The Morgan fingerprint density at radius 1 is 1.07 bits per heavy atom. The fourth-order valence-electron chi connectivity index (χ4n) is 5.22. The molecule has 30 heavy (non-hydrogen) atoms. The number of hydrogen-bond donors (Lipinski definition) is 1. The lowest BCUT2D eigenvalue weighted by Crippen LogP contribution is -2.33. The number of allylic oxidation sites excluding steroid dienone is 2. The minimum Gasteiger partial charge on any atom is -0.497 e. The van der Waals surface area contributed by atoms with Gasteiger partial charge in [-0.25, -0.2) is 4.90 Å². The Morgan fingerprint density at radius 3 is 2.63 bits per heavy atom. The first-order valence-corrected chi connectivity index (χ1v) is 10.1. The number of nitrogens with one attached hydrogen (secondary N) is 1. The lowest BCUT2D eigenvalue weighted by atomic mass is 9.82. The molecule has 2 aliphatic carbocycles. The van der Waals surface area contributed by atoms with Crippen molar-refractivity contribution in [2.75, 3.05) is 17.3 Å². The van der Waals surface area contributed by atoms with Crippen LogP contribution in [0, 0.1) is 23.7 Å². The summed E-state index contributed by atoms with van der Waals surface area (Å²) < 4.78 is 5.18. The number of methoxy groups -OCH3 is 1. The molecule has 4 atom stereocenters. The first-order chi connectivity index (χ1) is 14.5. The molecule has 2 aromatic rings. The molecule has 3 amide bonds. The van der Waals surface area contributed by atoms with Gasteiger partial charge in [-0.1, -0.05) is 23.8 Å². The maximum atomic E-state index is 13.1. The van der Waals surface area contributed by atoms with Crippen molar-refractivity contribution in [3.05, 3.63) is 65.7 Å². The van der Waals surface area contributed by atoms with E-state index in [-0.39, 0.29) is 41.4 Å². The summed E-state index contributed by atoms with van der Waals surface area (Å²) in [6.07, 6.45) is 3.05. The van der Waals surface area contributed by atoms with Crippen molar-refractivity contribution in [2.24, 2.45) is 23.7 Å². The van der Waals surface area contributed by atoms with Crippen LogP contribution in [0.5, 0.6) is 5.75 Å². The Hall–Kier alpha value is -3.41. The third-order valence-corrected chi connectivity index (χ3v) is 6.57. The normalized spacial score (nSPS) is 26.6. The molecule has 1 saturated heterocycles. The summed E-state index contributed by atoms with van der Waals surface area (Å²) in [4.78, 5) is 40.3. The summed E-state index contributed by atoms with van der Waals surface area (Å²) in [7, 11) is 1.56. The highest BCUT2D eigenvalue weighted by Gasteiger charge is 2.60. The average Bonchev–Trinajstić information content (AvgIpc) is 3.38. The lowest BCUT2D eigenvalue weighted by Gasteiger charge is -2.19. The van der Waals surface area contributed by atoms with Gasteiger partial charge in [0.05, 0.1) is 24.6 Å². The van der Waals surface area contributed by atoms with Crippen LogP contribution in [0.3, 0.4) is 0 Å². The van der Waals surface area contributed by atoms with Crippen molar-refractivity contribution in [3.8, 4) is 5.75 Å². The fourth-order valence-corrected chi connectivity index (χ4v) is 5.22. The molecule has 1 saturated carbocycles. The molecule has 2 aromatic carbocycles. The van der Waals surface area contributed by atoms with Gasteiger partial charge >= 0.3 is 0 Å². The van der Waals surface area contributed by atoms with Gasteiger partial charge in [-0.05, 0) is 55.5 Å². The van der Waals surface area contributed by atoms with Crippen LogP contribution in [0.4, 0.5) is 11.4 Å².